The molecule has 3 nitrogen and oxygen atoms in total. The van der Waals surface area contributed by atoms with Crippen molar-refractivity contribution < 1.29 is 9.53 Å². The van der Waals surface area contributed by atoms with Gasteiger partial charge in [0.05, 0.1) is 5.69 Å². The number of aromatic nitrogens is 1. The molecule has 0 unspecified atom stereocenters. The maximum absolute atomic E-state index is 11.8. The number of carbonyl (C=O) groups is 1. The van der Waals surface area contributed by atoms with Gasteiger partial charge < -0.3 is 4.74 Å². The summed E-state index contributed by atoms with van der Waals surface area (Å²) in [7, 11) is 0. The number of nitrogens with zero attached hydrogens (tertiary/aromatic N) is 1. The number of hydrogen-bond acceptors (Lipinski definition) is 3. The van der Waals surface area contributed by atoms with E-state index in [1.165, 1.54) is 16.3 Å². The van der Waals surface area contributed by atoms with Gasteiger partial charge in [-0.25, -0.2) is 0 Å². The fraction of sp³-hybridized carbons (Fsp3) is 0.304. The van der Waals surface area contributed by atoms with E-state index in [1.807, 2.05) is 45.2 Å². The van der Waals surface area contributed by atoms with Crippen molar-refractivity contribution in [2.75, 3.05) is 0 Å². The van der Waals surface area contributed by atoms with E-state index in [9.17, 15) is 4.79 Å². The van der Waals surface area contributed by atoms with Crippen LogP contribution in [0.3, 0.4) is 0 Å². The molecule has 1 aromatic heterocycles. The summed E-state index contributed by atoms with van der Waals surface area (Å²) < 4.78 is 5.36. The van der Waals surface area contributed by atoms with E-state index in [4.69, 9.17) is 4.74 Å². The Morgan fingerprint density at radius 3 is 2.38 bits per heavy atom. The van der Waals surface area contributed by atoms with E-state index in [0.717, 1.165) is 17.7 Å². The summed E-state index contributed by atoms with van der Waals surface area (Å²) in [5.74, 6) is -0.151. The first kappa shape index (κ1) is 18.1. The maximum atomic E-state index is 11.8. The monoisotopic (exact) mass is 347 g/mol. The van der Waals surface area contributed by atoms with Crippen molar-refractivity contribution in [3.05, 3.63) is 77.6 Å². The number of pyridine rings is 1. The van der Waals surface area contributed by atoms with Crippen molar-refractivity contribution in [1.82, 2.24) is 4.98 Å². The minimum absolute atomic E-state index is 0.151. The standard InChI is InChI=1S/C23H25NO2/c1-23(2,3)26-22(25)13-12-17-8-10-18(11-9-17)16-21-20-7-5-4-6-19(20)14-15-24-21/h4-11,14-15H,12-13,16H2,1-3H3. The summed E-state index contributed by atoms with van der Waals surface area (Å²) in [5.41, 5.74) is 3.02. The second kappa shape index (κ2) is 7.69. The molecule has 3 rings (SSSR count). The lowest BCUT2D eigenvalue weighted by molar-refractivity contribution is -0.154. The molecule has 0 saturated carbocycles. The van der Waals surface area contributed by atoms with Crippen molar-refractivity contribution in [2.24, 2.45) is 0 Å². The molecule has 0 radical (unpaired) electrons. The van der Waals surface area contributed by atoms with Gasteiger partial charge in [-0.1, -0.05) is 48.5 Å². The van der Waals surface area contributed by atoms with E-state index in [2.05, 4.69) is 41.4 Å². The van der Waals surface area contributed by atoms with Gasteiger partial charge in [-0.05, 0) is 49.8 Å². The van der Waals surface area contributed by atoms with Crippen LogP contribution in [-0.2, 0) is 22.4 Å². The first-order chi connectivity index (χ1) is 12.4. The predicted octanol–water partition coefficient (Wildman–Crippen LogP) is 5.10. The fourth-order valence-corrected chi connectivity index (χ4v) is 2.98. The number of hydrogen-bond donors (Lipinski definition) is 0. The number of aryl methyl sites for hydroxylation is 1. The van der Waals surface area contributed by atoms with Crippen molar-refractivity contribution in [1.29, 1.82) is 0 Å². The lowest BCUT2D eigenvalue weighted by atomic mass is 10.0. The first-order valence-electron chi connectivity index (χ1n) is 9.03. The van der Waals surface area contributed by atoms with E-state index >= 15 is 0 Å². The molecule has 0 aliphatic heterocycles. The van der Waals surface area contributed by atoms with Crippen LogP contribution in [-0.4, -0.2) is 16.6 Å². The van der Waals surface area contributed by atoms with Gasteiger partial charge in [0.2, 0.25) is 0 Å². The van der Waals surface area contributed by atoms with Crippen molar-refractivity contribution in [3.8, 4) is 0 Å². The summed E-state index contributed by atoms with van der Waals surface area (Å²) in [6.07, 6.45) is 3.77. The van der Waals surface area contributed by atoms with Crippen LogP contribution in [0.4, 0.5) is 0 Å². The van der Waals surface area contributed by atoms with Crippen LogP contribution >= 0.6 is 0 Å². The van der Waals surface area contributed by atoms with Gasteiger partial charge in [-0.15, -0.1) is 0 Å². The third-order valence-corrected chi connectivity index (χ3v) is 4.19. The molecule has 0 N–H and O–H groups in total. The van der Waals surface area contributed by atoms with E-state index < -0.39 is 5.60 Å². The van der Waals surface area contributed by atoms with Crippen LogP contribution in [0.25, 0.3) is 10.8 Å². The second-order valence-corrected chi connectivity index (χ2v) is 7.56. The molecule has 0 bridgehead atoms. The van der Waals surface area contributed by atoms with Gasteiger partial charge in [0, 0.05) is 24.4 Å². The highest BCUT2D eigenvalue weighted by atomic mass is 16.6. The molecular formula is C23H25NO2. The average Bonchev–Trinajstić information content (AvgIpc) is 2.60. The smallest absolute Gasteiger partial charge is 0.306 e. The Hall–Kier alpha value is -2.68. The van der Waals surface area contributed by atoms with Crippen LogP contribution in [0.5, 0.6) is 0 Å². The van der Waals surface area contributed by atoms with Gasteiger partial charge in [0.15, 0.2) is 0 Å². The van der Waals surface area contributed by atoms with Gasteiger partial charge in [-0.3, -0.25) is 9.78 Å². The lowest BCUT2D eigenvalue weighted by Gasteiger charge is -2.19. The predicted molar refractivity (Wildman–Crippen MR) is 105 cm³/mol. The van der Waals surface area contributed by atoms with Crippen LogP contribution in [0.1, 0.15) is 44.0 Å². The van der Waals surface area contributed by atoms with Gasteiger partial charge >= 0.3 is 5.97 Å². The summed E-state index contributed by atoms with van der Waals surface area (Å²) in [6.45, 7) is 5.67. The largest absolute Gasteiger partial charge is 0.460 e. The first-order valence-corrected chi connectivity index (χ1v) is 9.03. The van der Waals surface area contributed by atoms with Gasteiger partial charge in [0.25, 0.3) is 0 Å². The minimum Gasteiger partial charge on any atom is -0.460 e. The van der Waals surface area contributed by atoms with Crippen LogP contribution in [0, 0.1) is 0 Å². The molecule has 3 aromatic rings. The summed E-state index contributed by atoms with van der Waals surface area (Å²) in [6, 6.07) is 18.8. The minimum atomic E-state index is -0.424. The Bertz CT molecular complexity index is 887. The zero-order chi connectivity index (χ0) is 18.6. The van der Waals surface area contributed by atoms with E-state index in [0.29, 0.717) is 12.8 Å². The molecule has 2 aromatic carbocycles. The molecule has 0 spiro atoms. The number of ether oxygens (including phenoxy) is 1. The Balaban J connectivity index is 1.63. The molecule has 0 aliphatic rings. The Labute approximate surface area is 155 Å². The lowest BCUT2D eigenvalue weighted by Crippen LogP contribution is -2.23. The molecule has 1 heterocycles. The summed E-state index contributed by atoms with van der Waals surface area (Å²) >= 11 is 0. The van der Waals surface area contributed by atoms with E-state index in [-0.39, 0.29) is 5.97 Å². The average molecular weight is 347 g/mol. The van der Waals surface area contributed by atoms with Crippen molar-refractivity contribution in [3.63, 3.8) is 0 Å². The number of esters is 1. The Kier molecular flexibility index (Phi) is 5.36. The molecule has 0 atom stereocenters. The number of fused-ring (bicyclic) bond motifs is 1. The third-order valence-electron chi connectivity index (χ3n) is 4.19. The number of carbonyl (C=O) groups excluding carboxylic acids is 1. The van der Waals surface area contributed by atoms with Crippen LogP contribution in [0.15, 0.2) is 60.8 Å². The SMILES string of the molecule is CC(C)(C)OC(=O)CCc1ccc(Cc2nccc3ccccc23)cc1. The topological polar surface area (TPSA) is 39.2 Å². The van der Waals surface area contributed by atoms with Crippen molar-refractivity contribution >= 4 is 16.7 Å². The number of rotatable bonds is 5. The molecule has 0 aliphatic carbocycles. The quantitative estimate of drug-likeness (QED) is 0.603. The molecule has 0 fully saturated rings. The van der Waals surface area contributed by atoms with Gasteiger partial charge in [0.1, 0.15) is 5.60 Å². The van der Waals surface area contributed by atoms with Gasteiger partial charge in [-0.2, -0.15) is 0 Å². The number of benzene rings is 2. The molecular weight excluding hydrogens is 322 g/mol. The second-order valence-electron chi connectivity index (χ2n) is 7.56. The Morgan fingerprint density at radius 2 is 1.65 bits per heavy atom. The van der Waals surface area contributed by atoms with Crippen LogP contribution in [0.2, 0.25) is 0 Å². The zero-order valence-corrected chi connectivity index (χ0v) is 15.7. The molecule has 26 heavy (non-hydrogen) atoms. The van der Waals surface area contributed by atoms with E-state index in [1.54, 1.807) is 0 Å². The highest BCUT2D eigenvalue weighted by molar-refractivity contribution is 5.84. The zero-order valence-electron chi connectivity index (χ0n) is 15.7. The molecule has 0 saturated heterocycles. The normalized spacial score (nSPS) is 11.5. The molecule has 3 heteroatoms. The third kappa shape index (κ3) is 4.92. The maximum Gasteiger partial charge on any atom is 0.306 e. The summed E-state index contributed by atoms with van der Waals surface area (Å²) in [5, 5.41) is 2.41. The highest BCUT2D eigenvalue weighted by Crippen LogP contribution is 2.20. The van der Waals surface area contributed by atoms with Crippen molar-refractivity contribution in [2.45, 2.75) is 45.6 Å². The Morgan fingerprint density at radius 1 is 0.962 bits per heavy atom. The highest BCUT2D eigenvalue weighted by Gasteiger charge is 2.15. The fourth-order valence-electron chi connectivity index (χ4n) is 2.98. The van der Waals surface area contributed by atoms with Crippen LogP contribution < -0.4 is 0 Å². The molecule has 134 valence electrons. The molecule has 0 amide bonds. The summed E-state index contributed by atoms with van der Waals surface area (Å²) in [4.78, 5) is 16.4.